The zero-order valence-electron chi connectivity index (χ0n) is 10.5. The van der Waals surface area contributed by atoms with Crippen LogP contribution >= 0.6 is 22.9 Å². The molecule has 0 saturated heterocycles. The van der Waals surface area contributed by atoms with E-state index in [4.69, 9.17) is 11.6 Å². The Labute approximate surface area is 119 Å². The molecule has 0 aliphatic rings. The van der Waals surface area contributed by atoms with Crippen LogP contribution in [-0.2, 0) is 7.05 Å². The molecule has 0 aliphatic carbocycles. The molecule has 5 nitrogen and oxygen atoms in total. The quantitative estimate of drug-likeness (QED) is 0.805. The summed E-state index contributed by atoms with van der Waals surface area (Å²) < 4.78 is 2.96. The number of aromatic nitrogens is 4. The standard InChI is InChI=1S/C12H12ClN5S/c1-7(11-17-14-6-18(11)2)15-12-16-9-4-3-8(13)5-10(9)19-12/h3-7H,1-2H3,(H,15,16). The second-order valence-electron chi connectivity index (χ2n) is 4.30. The minimum absolute atomic E-state index is 0.0449. The molecule has 1 atom stereocenters. The molecule has 1 unspecified atom stereocenters. The van der Waals surface area contributed by atoms with E-state index in [-0.39, 0.29) is 6.04 Å². The predicted octanol–water partition coefficient (Wildman–Crippen LogP) is 3.25. The summed E-state index contributed by atoms with van der Waals surface area (Å²) >= 11 is 7.55. The number of thiazole rings is 1. The average Bonchev–Trinajstić information content (AvgIpc) is 2.94. The van der Waals surface area contributed by atoms with E-state index in [0.29, 0.717) is 0 Å². The molecule has 2 aromatic heterocycles. The highest BCUT2D eigenvalue weighted by atomic mass is 35.5. The molecule has 0 aliphatic heterocycles. The Bertz CT molecular complexity index is 720. The van der Waals surface area contributed by atoms with Crippen molar-refractivity contribution in [3.8, 4) is 0 Å². The molecular formula is C12H12ClN5S. The Hall–Kier alpha value is -1.66. The second kappa shape index (κ2) is 4.79. The number of hydrogen-bond acceptors (Lipinski definition) is 5. The summed E-state index contributed by atoms with van der Waals surface area (Å²) in [7, 11) is 1.92. The summed E-state index contributed by atoms with van der Waals surface area (Å²) in [4.78, 5) is 4.52. The molecule has 19 heavy (non-hydrogen) atoms. The van der Waals surface area contributed by atoms with Gasteiger partial charge in [0.2, 0.25) is 0 Å². The van der Waals surface area contributed by atoms with Crippen LogP contribution in [0.1, 0.15) is 18.8 Å². The first kappa shape index (κ1) is 12.4. The molecule has 1 N–H and O–H groups in total. The van der Waals surface area contributed by atoms with Gasteiger partial charge < -0.3 is 9.88 Å². The van der Waals surface area contributed by atoms with E-state index in [1.54, 1.807) is 17.7 Å². The molecule has 1 aromatic carbocycles. The van der Waals surface area contributed by atoms with Crippen LogP contribution < -0.4 is 5.32 Å². The van der Waals surface area contributed by atoms with Crippen molar-refractivity contribution in [3.63, 3.8) is 0 Å². The number of anilines is 1. The van der Waals surface area contributed by atoms with E-state index < -0.39 is 0 Å². The molecule has 0 fully saturated rings. The highest BCUT2D eigenvalue weighted by molar-refractivity contribution is 7.22. The van der Waals surface area contributed by atoms with Crippen molar-refractivity contribution in [3.05, 3.63) is 35.4 Å². The van der Waals surface area contributed by atoms with Gasteiger partial charge in [0, 0.05) is 12.1 Å². The molecule has 0 radical (unpaired) electrons. The molecule has 0 spiro atoms. The van der Waals surface area contributed by atoms with Crippen LogP contribution in [0.2, 0.25) is 5.02 Å². The highest BCUT2D eigenvalue weighted by Gasteiger charge is 2.13. The lowest BCUT2D eigenvalue weighted by Crippen LogP contribution is -2.11. The van der Waals surface area contributed by atoms with Crippen molar-refractivity contribution in [2.75, 3.05) is 5.32 Å². The third-order valence-corrected chi connectivity index (χ3v) is 4.01. The smallest absolute Gasteiger partial charge is 0.184 e. The van der Waals surface area contributed by atoms with Crippen LogP contribution in [0.15, 0.2) is 24.5 Å². The van der Waals surface area contributed by atoms with Gasteiger partial charge in [0.05, 0.1) is 16.3 Å². The van der Waals surface area contributed by atoms with Gasteiger partial charge in [0.25, 0.3) is 0 Å². The second-order valence-corrected chi connectivity index (χ2v) is 5.76. The van der Waals surface area contributed by atoms with Crippen LogP contribution in [0.25, 0.3) is 10.2 Å². The van der Waals surface area contributed by atoms with E-state index in [2.05, 4.69) is 20.5 Å². The van der Waals surface area contributed by atoms with E-state index in [9.17, 15) is 0 Å². The van der Waals surface area contributed by atoms with Crippen molar-refractivity contribution < 1.29 is 0 Å². The van der Waals surface area contributed by atoms with E-state index in [0.717, 1.165) is 26.2 Å². The van der Waals surface area contributed by atoms with Gasteiger partial charge in [-0.3, -0.25) is 0 Å². The highest BCUT2D eigenvalue weighted by Crippen LogP contribution is 2.30. The fraction of sp³-hybridized carbons (Fsp3) is 0.250. The van der Waals surface area contributed by atoms with Gasteiger partial charge in [0.15, 0.2) is 11.0 Å². The fourth-order valence-corrected chi connectivity index (χ4v) is 3.12. The Kier molecular flexibility index (Phi) is 3.12. The number of hydrogen-bond donors (Lipinski definition) is 1. The molecule has 7 heteroatoms. The summed E-state index contributed by atoms with van der Waals surface area (Å²) in [6.07, 6.45) is 1.69. The predicted molar refractivity (Wildman–Crippen MR) is 77.7 cm³/mol. The summed E-state index contributed by atoms with van der Waals surface area (Å²) in [5.74, 6) is 0.872. The SMILES string of the molecule is CC(Nc1nc2ccc(Cl)cc2s1)c1nncn1C. The minimum atomic E-state index is 0.0449. The number of rotatable bonds is 3. The molecule has 0 saturated carbocycles. The summed E-state index contributed by atoms with van der Waals surface area (Å²) in [5.41, 5.74) is 0.946. The van der Waals surface area contributed by atoms with Gasteiger partial charge in [-0.1, -0.05) is 22.9 Å². The van der Waals surface area contributed by atoms with Gasteiger partial charge in [-0.2, -0.15) is 0 Å². The minimum Gasteiger partial charge on any atom is -0.352 e. The largest absolute Gasteiger partial charge is 0.352 e. The van der Waals surface area contributed by atoms with Crippen molar-refractivity contribution in [1.29, 1.82) is 0 Å². The molecular weight excluding hydrogens is 282 g/mol. The Morgan fingerprint density at radius 1 is 1.42 bits per heavy atom. The molecule has 3 aromatic rings. The average molecular weight is 294 g/mol. The third kappa shape index (κ3) is 2.41. The van der Waals surface area contributed by atoms with Crippen LogP contribution in [0.4, 0.5) is 5.13 Å². The Balaban J connectivity index is 1.87. The zero-order chi connectivity index (χ0) is 13.4. The molecule has 98 valence electrons. The van der Waals surface area contributed by atoms with Gasteiger partial charge in [0.1, 0.15) is 6.33 Å². The molecule has 2 heterocycles. The summed E-state index contributed by atoms with van der Waals surface area (Å²) in [6.45, 7) is 2.03. The van der Waals surface area contributed by atoms with Gasteiger partial charge in [-0.05, 0) is 25.1 Å². The lowest BCUT2D eigenvalue weighted by atomic mass is 10.3. The lowest BCUT2D eigenvalue weighted by Gasteiger charge is -2.11. The van der Waals surface area contributed by atoms with Crippen LogP contribution in [-0.4, -0.2) is 19.7 Å². The zero-order valence-corrected chi connectivity index (χ0v) is 12.0. The number of aryl methyl sites for hydroxylation is 1. The fourth-order valence-electron chi connectivity index (χ4n) is 1.89. The van der Waals surface area contributed by atoms with E-state index >= 15 is 0 Å². The third-order valence-electron chi connectivity index (χ3n) is 2.82. The topological polar surface area (TPSA) is 55.6 Å². The first-order valence-corrected chi connectivity index (χ1v) is 6.99. The van der Waals surface area contributed by atoms with Crippen LogP contribution in [0, 0.1) is 0 Å². The maximum atomic E-state index is 5.97. The van der Waals surface area contributed by atoms with Gasteiger partial charge in [-0.25, -0.2) is 4.98 Å². The molecule has 3 rings (SSSR count). The van der Waals surface area contributed by atoms with Crippen molar-refractivity contribution in [2.24, 2.45) is 7.05 Å². The van der Waals surface area contributed by atoms with Crippen LogP contribution in [0.5, 0.6) is 0 Å². The maximum Gasteiger partial charge on any atom is 0.184 e. The Morgan fingerprint density at radius 2 is 2.26 bits per heavy atom. The number of nitrogens with one attached hydrogen (secondary N) is 1. The van der Waals surface area contributed by atoms with Gasteiger partial charge >= 0.3 is 0 Å². The number of nitrogens with zero attached hydrogens (tertiary/aromatic N) is 4. The van der Waals surface area contributed by atoms with Crippen LogP contribution in [0.3, 0.4) is 0 Å². The molecule has 0 bridgehead atoms. The lowest BCUT2D eigenvalue weighted by molar-refractivity contribution is 0.719. The summed E-state index contributed by atoms with van der Waals surface area (Å²) in [6, 6.07) is 5.74. The number of benzene rings is 1. The normalized spacial score (nSPS) is 12.8. The van der Waals surface area contributed by atoms with Gasteiger partial charge in [-0.15, -0.1) is 10.2 Å². The first-order chi connectivity index (χ1) is 9.13. The molecule has 0 amide bonds. The van der Waals surface area contributed by atoms with Crippen molar-refractivity contribution in [2.45, 2.75) is 13.0 Å². The number of fused-ring (bicyclic) bond motifs is 1. The first-order valence-electron chi connectivity index (χ1n) is 5.80. The monoisotopic (exact) mass is 293 g/mol. The van der Waals surface area contributed by atoms with Crippen molar-refractivity contribution in [1.82, 2.24) is 19.7 Å². The van der Waals surface area contributed by atoms with Crippen molar-refractivity contribution >= 4 is 38.3 Å². The maximum absolute atomic E-state index is 5.97. The van der Waals surface area contributed by atoms with E-state index in [1.165, 1.54) is 0 Å². The summed E-state index contributed by atoms with van der Waals surface area (Å²) in [5, 5.41) is 12.9. The van der Waals surface area contributed by atoms with E-state index in [1.807, 2.05) is 36.7 Å². The Morgan fingerprint density at radius 3 is 3.00 bits per heavy atom. The number of halogens is 1.